The summed E-state index contributed by atoms with van der Waals surface area (Å²) < 4.78 is 0. The summed E-state index contributed by atoms with van der Waals surface area (Å²) in [7, 11) is 0. The van der Waals surface area contributed by atoms with Crippen LogP contribution in [0.5, 0.6) is 0 Å². The van der Waals surface area contributed by atoms with Crippen LogP contribution in [0.1, 0.15) is 30.1 Å². The topological polar surface area (TPSA) is 69.7 Å². The molecule has 0 spiro atoms. The highest BCUT2D eigenvalue weighted by atomic mass is 35.5. The second kappa shape index (κ2) is 6.81. The van der Waals surface area contributed by atoms with Crippen molar-refractivity contribution in [3.8, 4) is 0 Å². The van der Waals surface area contributed by atoms with Crippen LogP contribution in [-0.2, 0) is 9.59 Å². The van der Waals surface area contributed by atoms with Crippen LogP contribution in [-0.4, -0.2) is 59.2 Å². The number of nitrogens with one attached hydrogen (secondary N) is 1. The molecule has 0 saturated carbocycles. The summed E-state index contributed by atoms with van der Waals surface area (Å²) in [6.07, 6.45) is 1.47. The van der Waals surface area contributed by atoms with Crippen LogP contribution in [0.3, 0.4) is 0 Å². The summed E-state index contributed by atoms with van der Waals surface area (Å²) in [6.45, 7) is 2.98. The van der Waals surface area contributed by atoms with Crippen LogP contribution < -0.4 is 5.32 Å². The number of carbonyl (C=O) groups excluding carboxylic acids is 3. The molecule has 3 rings (SSSR count). The molecule has 0 unspecified atom stereocenters. The summed E-state index contributed by atoms with van der Waals surface area (Å²) >= 11 is 5.94. The van der Waals surface area contributed by atoms with Crippen LogP contribution in [0.2, 0.25) is 5.02 Å². The summed E-state index contributed by atoms with van der Waals surface area (Å²) in [5.41, 5.74) is 0.488. The van der Waals surface area contributed by atoms with Gasteiger partial charge in [-0.25, -0.2) is 0 Å². The predicted molar refractivity (Wildman–Crippen MR) is 89.7 cm³/mol. The Hall–Kier alpha value is -2.08. The third kappa shape index (κ3) is 3.11. The third-order valence-electron chi connectivity index (χ3n) is 4.52. The minimum atomic E-state index is -0.609. The Kier molecular flexibility index (Phi) is 4.76. The van der Waals surface area contributed by atoms with Crippen molar-refractivity contribution < 1.29 is 14.4 Å². The number of halogens is 1. The largest absolute Gasteiger partial charge is 0.342 e. The molecule has 1 aromatic carbocycles. The van der Waals surface area contributed by atoms with E-state index in [2.05, 4.69) is 5.32 Å². The molecule has 0 aromatic heterocycles. The van der Waals surface area contributed by atoms with Crippen LogP contribution in [0.25, 0.3) is 0 Å². The molecular formula is C17H20ClN3O3. The van der Waals surface area contributed by atoms with Gasteiger partial charge in [0.1, 0.15) is 12.1 Å². The smallest absolute Gasteiger partial charge is 0.254 e. The normalized spacial score (nSPS) is 23.8. The first-order valence-corrected chi connectivity index (χ1v) is 8.54. The van der Waals surface area contributed by atoms with Gasteiger partial charge in [-0.05, 0) is 24.6 Å². The molecule has 2 aliphatic rings. The monoisotopic (exact) mass is 349 g/mol. The van der Waals surface area contributed by atoms with Gasteiger partial charge in [-0.3, -0.25) is 14.4 Å². The lowest BCUT2D eigenvalue weighted by Crippen LogP contribution is -2.69. The highest BCUT2D eigenvalue weighted by Gasteiger charge is 2.43. The molecule has 2 atom stereocenters. The quantitative estimate of drug-likeness (QED) is 0.894. The van der Waals surface area contributed by atoms with Crippen molar-refractivity contribution in [2.75, 3.05) is 19.6 Å². The summed E-state index contributed by atoms with van der Waals surface area (Å²) in [5, 5.41) is 3.28. The van der Waals surface area contributed by atoms with Gasteiger partial charge >= 0.3 is 0 Å². The van der Waals surface area contributed by atoms with Crippen molar-refractivity contribution in [1.82, 2.24) is 15.1 Å². The van der Waals surface area contributed by atoms with Crippen LogP contribution in [0.4, 0.5) is 0 Å². The highest BCUT2D eigenvalue weighted by Crippen LogP contribution is 2.20. The van der Waals surface area contributed by atoms with Crippen molar-refractivity contribution >= 4 is 29.3 Å². The van der Waals surface area contributed by atoms with Gasteiger partial charge in [-0.2, -0.15) is 0 Å². The first-order valence-electron chi connectivity index (χ1n) is 8.17. The standard InChI is InChI=1S/C17H20ClN3O3/c1-2-4-13-17(24)21-8-7-20(10-14(21)15(22)19-13)16(23)11-5-3-6-12(18)9-11/h3,5-6,9,13-14H,2,4,7-8,10H2,1H3,(H,19,22)/t13-,14+/m0/s1. The van der Waals surface area contributed by atoms with Crippen molar-refractivity contribution in [2.45, 2.75) is 31.8 Å². The average molecular weight is 350 g/mol. The molecule has 1 N–H and O–H groups in total. The summed E-state index contributed by atoms with van der Waals surface area (Å²) in [5.74, 6) is -0.402. The Bertz CT molecular complexity index is 679. The molecule has 2 heterocycles. The van der Waals surface area contributed by atoms with E-state index in [-0.39, 0.29) is 24.3 Å². The Morgan fingerprint density at radius 1 is 1.33 bits per heavy atom. The Labute approximate surface area is 145 Å². The lowest BCUT2D eigenvalue weighted by molar-refractivity contribution is -0.152. The molecule has 0 bridgehead atoms. The van der Waals surface area contributed by atoms with Gasteiger partial charge in [0, 0.05) is 23.7 Å². The molecule has 2 saturated heterocycles. The molecule has 6 nitrogen and oxygen atoms in total. The number of benzene rings is 1. The minimum absolute atomic E-state index is 0.0451. The minimum Gasteiger partial charge on any atom is -0.342 e. The van der Waals surface area contributed by atoms with E-state index in [4.69, 9.17) is 11.6 Å². The van der Waals surface area contributed by atoms with E-state index in [0.717, 1.165) is 6.42 Å². The van der Waals surface area contributed by atoms with E-state index < -0.39 is 12.1 Å². The maximum atomic E-state index is 12.6. The molecule has 0 radical (unpaired) electrons. The summed E-state index contributed by atoms with van der Waals surface area (Å²) in [4.78, 5) is 40.7. The first kappa shape index (κ1) is 16.8. The van der Waals surface area contributed by atoms with E-state index >= 15 is 0 Å². The number of hydrogen-bond donors (Lipinski definition) is 1. The molecule has 2 aliphatic heterocycles. The zero-order chi connectivity index (χ0) is 17.3. The number of rotatable bonds is 3. The zero-order valence-electron chi connectivity index (χ0n) is 13.5. The molecule has 1 aromatic rings. The van der Waals surface area contributed by atoms with E-state index in [1.54, 1.807) is 34.1 Å². The fourth-order valence-corrected chi connectivity index (χ4v) is 3.46. The molecule has 7 heteroatoms. The number of fused-ring (bicyclic) bond motifs is 1. The van der Waals surface area contributed by atoms with Gasteiger partial charge in [0.25, 0.3) is 5.91 Å². The Balaban J connectivity index is 1.74. The molecule has 0 aliphatic carbocycles. The fraction of sp³-hybridized carbons (Fsp3) is 0.471. The van der Waals surface area contributed by atoms with Crippen molar-refractivity contribution in [1.29, 1.82) is 0 Å². The van der Waals surface area contributed by atoms with Crippen molar-refractivity contribution in [3.05, 3.63) is 34.9 Å². The maximum Gasteiger partial charge on any atom is 0.254 e. The average Bonchev–Trinajstić information content (AvgIpc) is 2.58. The Morgan fingerprint density at radius 3 is 2.83 bits per heavy atom. The predicted octanol–water partition coefficient (Wildman–Crippen LogP) is 1.29. The lowest BCUT2D eigenvalue weighted by atomic mass is 10.0. The molecular weight excluding hydrogens is 330 g/mol. The highest BCUT2D eigenvalue weighted by molar-refractivity contribution is 6.30. The van der Waals surface area contributed by atoms with Crippen molar-refractivity contribution in [2.24, 2.45) is 0 Å². The van der Waals surface area contributed by atoms with Crippen LogP contribution in [0.15, 0.2) is 24.3 Å². The van der Waals surface area contributed by atoms with E-state index in [9.17, 15) is 14.4 Å². The summed E-state index contributed by atoms with van der Waals surface area (Å²) in [6, 6.07) is 5.69. The van der Waals surface area contributed by atoms with Crippen molar-refractivity contribution in [3.63, 3.8) is 0 Å². The SMILES string of the molecule is CCC[C@@H]1NC(=O)[C@H]2CN(C(=O)c3cccc(Cl)c3)CCN2C1=O. The second-order valence-corrected chi connectivity index (χ2v) is 6.60. The number of carbonyl (C=O) groups is 3. The van der Waals surface area contributed by atoms with Gasteiger partial charge < -0.3 is 15.1 Å². The second-order valence-electron chi connectivity index (χ2n) is 6.16. The first-order chi connectivity index (χ1) is 11.5. The maximum absolute atomic E-state index is 12.6. The van der Waals surface area contributed by atoms with E-state index in [1.165, 1.54) is 0 Å². The molecule has 2 fully saturated rings. The fourth-order valence-electron chi connectivity index (χ4n) is 3.27. The van der Waals surface area contributed by atoms with Gasteiger partial charge in [0.05, 0.1) is 6.54 Å². The van der Waals surface area contributed by atoms with Gasteiger partial charge in [0.2, 0.25) is 11.8 Å². The molecule has 3 amide bonds. The number of piperazine rings is 2. The Morgan fingerprint density at radius 2 is 2.12 bits per heavy atom. The zero-order valence-corrected chi connectivity index (χ0v) is 14.3. The molecule has 128 valence electrons. The van der Waals surface area contributed by atoms with Gasteiger partial charge in [-0.1, -0.05) is 31.0 Å². The number of hydrogen-bond acceptors (Lipinski definition) is 3. The van der Waals surface area contributed by atoms with Crippen LogP contribution in [0, 0.1) is 0 Å². The third-order valence-corrected chi connectivity index (χ3v) is 4.75. The van der Waals surface area contributed by atoms with E-state index in [0.29, 0.717) is 30.1 Å². The number of nitrogens with zero attached hydrogens (tertiary/aromatic N) is 2. The molecule has 24 heavy (non-hydrogen) atoms. The van der Waals surface area contributed by atoms with Gasteiger partial charge in [-0.15, -0.1) is 0 Å². The van der Waals surface area contributed by atoms with Gasteiger partial charge in [0.15, 0.2) is 0 Å². The number of amides is 3. The van der Waals surface area contributed by atoms with E-state index in [1.807, 2.05) is 6.92 Å². The van der Waals surface area contributed by atoms with Crippen LogP contribution >= 0.6 is 11.6 Å². The lowest BCUT2D eigenvalue weighted by Gasteiger charge is -2.45.